The lowest BCUT2D eigenvalue weighted by Gasteiger charge is -2.36. The van der Waals surface area contributed by atoms with Gasteiger partial charge in [-0.15, -0.1) is 0 Å². The van der Waals surface area contributed by atoms with Gasteiger partial charge in [0.2, 0.25) is 5.91 Å². The predicted octanol–water partition coefficient (Wildman–Crippen LogP) is -0.298. The zero-order chi connectivity index (χ0) is 10.9. The first-order valence-corrected chi connectivity index (χ1v) is 6.13. The van der Waals surface area contributed by atoms with Gasteiger partial charge in [0.15, 0.2) is 0 Å². The average Bonchev–Trinajstić information content (AvgIpc) is 2.12. The van der Waals surface area contributed by atoms with E-state index in [1.54, 1.807) is 6.92 Å². The lowest BCUT2D eigenvalue weighted by molar-refractivity contribution is -0.122. The summed E-state index contributed by atoms with van der Waals surface area (Å²) in [4.78, 5) is 13.0. The predicted molar refractivity (Wildman–Crippen MR) is 57.3 cm³/mol. The lowest BCUT2D eigenvalue weighted by Crippen LogP contribution is -2.54. The minimum absolute atomic E-state index is 0.126. The molecule has 1 saturated heterocycles. The van der Waals surface area contributed by atoms with Gasteiger partial charge in [-0.3, -0.25) is 13.9 Å². The first-order valence-electron chi connectivity index (χ1n) is 4.86. The van der Waals surface area contributed by atoms with Crippen LogP contribution in [0.25, 0.3) is 0 Å². The van der Waals surface area contributed by atoms with Gasteiger partial charge in [-0.2, -0.15) is 0 Å². The fraction of sp³-hybridized carbons (Fsp3) is 0.889. The third-order valence-electron chi connectivity index (χ3n) is 2.74. The van der Waals surface area contributed by atoms with Crippen LogP contribution in [0.3, 0.4) is 0 Å². The maximum absolute atomic E-state index is 11.6. The van der Waals surface area contributed by atoms with Crippen LogP contribution in [0.1, 0.15) is 20.8 Å². The van der Waals surface area contributed by atoms with Crippen molar-refractivity contribution in [1.29, 1.82) is 0 Å². The van der Waals surface area contributed by atoms with Crippen molar-refractivity contribution in [3.63, 3.8) is 0 Å². The van der Waals surface area contributed by atoms with E-state index < -0.39 is 10.8 Å². The van der Waals surface area contributed by atoms with Gasteiger partial charge in [-0.05, 0) is 20.8 Å². The van der Waals surface area contributed by atoms with Crippen molar-refractivity contribution in [2.45, 2.75) is 37.3 Å². The Morgan fingerprint density at radius 3 is 2.21 bits per heavy atom. The molecule has 1 heterocycles. The number of amides is 1. The molecule has 1 amide bonds. The minimum atomic E-state index is -0.774. The molecule has 2 N–H and O–H groups in total. The molecule has 14 heavy (non-hydrogen) atoms. The van der Waals surface area contributed by atoms with E-state index in [0.717, 1.165) is 0 Å². The largest absolute Gasteiger partial charge is 0.368 e. The molecule has 0 saturated carbocycles. The molecule has 0 aromatic rings. The van der Waals surface area contributed by atoms with Crippen molar-refractivity contribution >= 4 is 16.7 Å². The number of hydrogen-bond donors (Lipinski definition) is 1. The number of nitrogens with two attached hydrogens (primary N) is 1. The molecule has 0 spiro atoms. The first kappa shape index (κ1) is 11.7. The smallest absolute Gasteiger partial charge is 0.234 e. The van der Waals surface area contributed by atoms with Gasteiger partial charge in [-0.25, -0.2) is 0 Å². The van der Waals surface area contributed by atoms with Crippen molar-refractivity contribution in [2.24, 2.45) is 5.73 Å². The standard InChI is InChI=1S/C9H18N2O2S/c1-6-4-11(8(3)9(10)12)5-7(2)14(6)13/h6-8H,4-5H2,1-3H3,(H2,10,12). The fourth-order valence-electron chi connectivity index (χ4n) is 1.77. The van der Waals surface area contributed by atoms with Gasteiger partial charge in [0.1, 0.15) is 0 Å². The van der Waals surface area contributed by atoms with E-state index in [-0.39, 0.29) is 22.4 Å². The van der Waals surface area contributed by atoms with Gasteiger partial charge in [0.05, 0.1) is 6.04 Å². The zero-order valence-electron chi connectivity index (χ0n) is 8.90. The molecule has 1 aliphatic rings. The molecule has 1 fully saturated rings. The Hall–Kier alpha value is -0.420. The summed E-state index contributed by atoms with van der Waals surface area (Å²) in [6, 6.07) is -0.253. The van der Waals surface area contributed by atoms with Crippen LogP contribution in [0.15, 0.2) is 0 Å². The highest BCUT2D eigenvalue weighted by Crippen LogP contribution is 2.16. The highest BCUT2D eigenvalue weighted by atomic mass is 32.2. The highest BCUT2D eigenvalue weighted by molar-refractivity contribution is 7.86. The normalized spacial score (nSPS) is 36.6. The van der Waals surface area contributed by atoms with E-state index in [9.17, 15) is 9.00 Å². The second kappa shape index (κ2) is 4.40. The molecule has 1 aliphatic heterocycles. The molecule has 1 rings (SSSR count). The number of nitrogens with zero attached hydrogens (tertiary/aromatic N) is 1. The fourth-order valence-corrected chi connectivity index (χ4v) is 3.24. The SMILES string of the molecule is CC(C(N)=O)N1CC(C)S(=O)C(C)C1. The number of primary amides is 1. The number of carbonyl (C=O) groups is 1. The topological polar surface area (TPSA) is 63.4 Å². The van der Waals surface area contributed by atoms with E-state index >= 15 is 0 Å². The van der Waals surface area contributed by atoms with Crippen molar-refractivity contribution in [3.8, 4) is 0 Å². The number of carbonyl (C=O) groups excluding carboxylic acids is 1. The Labute approximate surface area is 87.3 Å². The maximum atomic E-state index is 11.6. The van der Waals surface area contributed by atoms with Gasteiger partial charge in [0.25, 0.3) is 0 Å². The summed E-state index contributed by atoms with van der Waals surface area (Å²) in [7, 11) is -0.774. The van der Waals surface area contributed by atoms with Crippen molar-refractivity contribution in [1.82, 2.24) is 4.90 Å². The Kier molecular flexibility index (Phi) is 3.66. The van der Waals surface area contributed by atoms with Gasteiger partial charge in [-0.1, -0.05) is 0 Å². The molecule has 0 bridgehead atoms. The third kappa shape index (κ3) is 2.33. The molecule has 5 heteroatoms. The number of rotatable bonds is 2. The average molecular weight is 218 g/mol. The summed E-state index contributed by atoms with van der Waals surface area (Å²) in [5, 5.41) is 0.251. The molecule has 3 unspecified atom stereocenters. The second-order valence-corrected chi connectivity index (χ2v) is 6.25. The molecular formula is C9H18N2O2S. The Morgan fingerprint density at radius 2 is 1.86 bits per heavy atom. The van der Waals surface area contributed by atoms with Gasteiger partial charge >= 0.3 is 0 Å². The van der Waals surface area contributed by atoms with Crippen molar-refractivity contribution in [2.75, 3.05) is 13.1 Å². The Morgan fingerprint density at radius 1 is 1.43 bits per heavy atom. The second-order valence-electron chi connectivity index (χ2n) is 3.98. The van der Waals surface area contributed by atoms with Crippen LogP contribution in [0.4, 0.5) is 0 Å². The summed E-state index contributed by atoms with van der Waals surface area (Å²) in [6.07, 6.45) is 0. The molecular weight excluding hydrogens is 200 g/mol. The van der Waals surface area contributed by atoms with Gasteiger partial charge in [0, 0.05) is 34.4 Å². The van der Waals surface area contributed by atoms with E-state index in [1.165, 1.54) is 0 Å². The summed E-state index contributed by atoms with van der Waals surface area (Å²) in [5.41, 5.74) is 5.24. The van der Waals surface area contributed by atoms with Crippen LogP contribution in [0, 0.1) is 0 Å². The molecule has 0 aliphatic carbocycles. The van der Waals surface area contributed by atoms with Gasteiger partial charge < -0.3 is 5.73 Å². The summed E-state index contributed by atoms with van der Waals surface area (Å²) in [5.74, 6) is -0.308. The Bertz CT molecular complexity index is 243. The van der Waals surface area contributed by atoms with E-state index in [4.69, 9.17) is 5.73 Å². The van der Waals surface area contributed by atoms with E-state index in [0.29, 0.717) is 13.1 Å². The Balaban J connectivity index is 2.66. The monoisotopic (exact) mass is 218 g/mol. The minimum Gasteiger partial charge on any atom is -0.368 e. The summed E-state index contributed by atoms with van der Waals surface area (Å²) >= 11 is 0. The zero-order valence-corrected chi connectivity index (χ0v) is 9.71. The first-order chi connectivity index (χ1) is 6.43. The molecule has 4 nitrogen and oxygen atoms in total. The summed E-state index contributed by atoms with van der Waals surface area (Å²) in [6.45, 7) is 7.09. The highest BCUT2D eigenvalue weighted by Gasteiger charge is 2.32. The summed E-state index contributed by atoms with van der Waals surface area (Å²) < 4.78 is 11.6. The van der Waals surface area contributed by atoms with Crippen LogP contribution in [0.5, 0.6) is 0 Å². The van der Waals surface area contributed by atoms with Crippen LogP contribution in [0.2, 0.25) is 0 Å². The van der Waals surface area contributed by atoms with Crippen molar-refractivity contribution in [3.05, 3.63) is 0 Å². The van der Waals surface area contributed by atoms with Crippen LogP contribution in [-0.2, 0) is 15.6 Å². The molecule has 0 aromatic carbocycles. The van der Waals surface area contributed by atoms with Crippen molar-refractivity contribution < 1.29 is 9.00 Å². The number of hydrogen-bond acceptors (Lipinski definition) is 3. The van der Waals surface area contributed by atoms with E-state index in [2.05, 4.69) is 0 Å². The van der Waals surface area contributed by atoms with E-state index in [1.807, 2.05) is 18.7 Å². The van der Waals surface area contributed by atoms with Crippen LogP contribution in [-0.4, -0.2) is 44.6 Å². The molecule has 82 valence electrons. The van der Waals surface area contributed by atoms with Crippen LogP contribution < -0.4 is 5.73 Å². The molecule has 0 aromatic heterocycles. The third-order valence-corrected chi connectivity index (χ3v) is 4.62. The quantitative estimate of drug-likeness (QED) is 0.692. The molecule has 0 radical (unpaired) electrons. The van der Waals surface area contributed by atoms with Crippen LogP contribution >= 0.6 is 0 Å². The molecule has 3 atom stereocenters. The lowest BCUT2D eigenvalue weighted by atomic mass is 10.2. The maximum Gasteiger partial charge on any atom is 0.234 e.